The average molecular weight is 632 g/mol. The molecular weight excluding hydrogens is 604 g/mol. The summed E-state index contributed by atoms with van der Waals surface area (Å²) in [7, 11) is 0. The predicted molar refractivity (Wildman–Crippen MR) is 150 cm³/mol. The number of carbonyl (C=O) groups is 1. The number of rotatable bonds is 6. The fourth-order valence-corrected chi connectivity index (χ4v) is 6.28. The van der Waals surface area contributed by atoms with Crippen molar-refractivity contribution in [1.29, 1.82) is 0 Å². The number of para-hydroxylation sites is 1. The molecule has 2 aliphatic rings. The second-order valence-corrected chi connectivity index (χ2v) is 11.0. The lowest BCUT2D eigenvalue weighted by Crippen LogP contribution is -2.43. The molecule has 0 N–H and O–H groups in total. The zero-order valence-electron chi connectivity index (χ0n) is 20.4. The molecule has 2 heterocycles. The van der Waals surface area contributed by atoms with Crippen molar-refractivity contribution in [1.82, 2.24) is 14.6 Å². The molecule has 0 spiro atoms. The Morgan fingerprint density at radius 1 is 1.11 bits per heavy atom. The Labute approximate surface area is 231 Å². The average Bonchev–Trinajstić information content (AvgIpc) is 2.93. The zero-order chi connectivity index (χ0) is 25.8. The van der Waals surface area contributed by atoms with Gasteiger partial charge < -0.3 is 14.4 Å². The van der Waals surface area contributed by atoms with E-state index in [4.69, 9.17) is 14.5 Å². The van der Waals surface area contributed by atoms with Crippen molar-refractivity contribution in [3.8, 4) is 5.75 Å². The van der Waals surface area contributed by atoms with Gasteiger partial charge in [-0.05, 0) is 74.5 Å². The van der Waals surface area contributed by atoms with E-state index in [2.05, 4.69) is 37.0 Å². The molecule has 1 saturated heterocycles. The lowest BCUT2D eigenvalue weighted by Gasteiger charge is -2.26. The minimum Gasteiger partial charge on any atom is -0.481 e. The van der Waals surface area contributed by atoms with Gasteiger partial charge in [0.2, 0.25) is 0 Å². The quantitative estimate of drug-likeness (QED) is 0.354. The molecule has 0 bridgehead atoms. The Bertz CT molecular complexity index is 1360. The molecule has 1 aliphatic carbocycles. The smallest absolute Gasteiger partial charge is 0.282 e. The SMILES string of the molecule is O=C(COc1c(Br)cc(C=Nn2c(C3CCCCC3)nc3ccccc3c2=O)cc1Br)N1CCOCC1. The molecule has 3 aromatic rings. The van der Waals surface area contributed by atoms with Crippen molar-refractivity contribution >= 4 is 54.9 Å². The first kappa shape index (κ1) is 26.1. The molecule has 10 heteroatoms. The third-order valence-electron chi connectivity index (χ3n) is 6.80. The number of benzene rings is 2. The molecule has 194 valence electrons. The third kappa shape index (κ3) is 5.97. The Hall–Kier alpha value is -2.56. The van der Waals surface area contributed by atoms with Crippen LogP contribution in [0, 0.1) is 0 Å². The van der Waals surface area contributed by atoms with E-state index < -0.39 is 0 Å². The highest BCUT2D eigenvalue weighted by molar-refractivity contribution is 9.11. The third-order valence-corrected chi connectivity index (χ3v) is 7.97. The molecule has 2 aromatic carbocycles. The van der Waals surface area contributed by atoms with Crippen LogP contribution in [0.5, 0.6) is 5.75 Å². The van der Waals surface area contributed by atoms with E-state index in [1.54, 1.807) is 17.2 Å². The summed E-state index contributed by atoms with van der Waals surface area (Å²) in [5.74, 6) is 1.39. The van der Waals surface area contributed by atoms with Gasteiger partial charge in [0.1, 0.15) is 11.6 Å². The Balaban J connectivity index is 1.40. The lowest BCUT2D eigenvalue weighted by molar-refractivity contribution is -0.137. The van der Waals surface area contributed by atoms with Crippen LogP contribution in [-0.2, 0) is 9.53 Å². The lowest BCUT2D eigenvalue weighted by atomic mass is 9.88. The molecule has 5 rings (SSSR count). The van der Waals surface area contributed by atoms with Gasteiger partial charge in [0, 0.05) is 19.0 Å². The van der Waals surface area contributed by atoms with Gasteiger partial charge in [-0.1, -0.05) is 31.4 Å². The topological polar surface area (TPSA) is 86.0 Å². The molecule has 1 saturated carbocycles. The van der Waals surface area contributed by atoms with Crippen LogP contribution in [0.25, 0.3) is 10.9 Å². The standard InChI is InChI=1S/C27H28Br2N4O4/c28-21-14-18(15-22(29)25(21)37-17-24(34)32-10-12-36-13-11-32)16-30-33-26(19-6-2-1-3-7-19)31-23-9-5-4-8-20(23)27(33)35/h4-5,8-9,14-16,19H,1-3,6-7,10-13,17H2. The molecule has 0 atom stereocenters. The minimum atomic E-state index is -0.165. The van der Waals surface area contributed by atoms with Gasteiger partial charge in [0.05, 0.1) is 39.3 Å². The maximum Gasteiger partial charge on any atom is 0.282 e. The second kappa shape index (κ2) is 11.9. The number of hydrogen-bond acceptors (Lipinski definition) is 6. The van der Waals surface area contributed by atoms with Crippen LogP contribution in [-0.4, -0.2) is 59.6 Å². The van der Waals surface area contributed by atoms with Gasteiger partial charge in [-0.2, -0.15) is 9.78 Å². The number of ether oxygens (including phenoxy) is 2. The predicted octanol–water partition coefficient (Wildman–Crippen LogP) is 5.09. The summed E-state index contributed by atoms with van der Waals surface area (Å²) in [5.41, 5.74) is 1.31. The van der Waals surface area contributed by atoms with Crippen LogP contribution < -0.4 is 10.3 Å². The van der Waals surface area contributed by atoms with Gasteiger partial charge in [0.25, 0.3) is 11.5 Å². The van der Waals surface area contributed by atoms with E-state index in [1.165, 1.54) is 11.1 Å². The van der Waals surface area contributed by atoms with Crippen LogP contribution in [0.4, 0.5) is 0 Å². The van der Waals surface area contributed by atoms with Gasteiger partial charge in [0.15, 0.2) is 6.61 Å². The molecule has 1 aromatic heterocycles. The first-order valence-corrected chi connectivity index (χ1v) is 14.1. The van der Waals surface area contributed by atoms with Crippen LogP contribution in [0.2, 0.25) is 0 Å². The van der Waals surface area contributed by atoms with Crippen LogP contribution in [0.3, 0.4) is 0 Å². The highest BCUT2D eigenvalue weighted by atomic mass is 79.9. The second-order valence-electron chi connectivity index (χ2n) is 9.28. The Morgan fingerprint density at radius 3 is 2.54 bits per heavy atom. The molecule has 2 fully saturated rings. The zero-order valence-corrected chi connectivity index (χ0v) is 23.5. The number of aromatic nitrogens is 2. The summed E-state index contributed by atoms with van der Waals surface area (Å²) in [6.07, 6.45) is 7.15. The van der Waals surface area contributed by atoms with E-state index in [1.807, 2.05) is 30.3 Å². The highest BCUT2D eigenvalue weighted by Crippen LogP contribution is 2.35. The first-order chi connectivity index (χ1) is 18.0. The summed E-state index contributed by atoms with van der Waals surface area (Å²) in [6, 6.07) is 11.1. The number of amides is 1. The molecule has 1 amide bonds. The Kier molecular flexibility index (Phi) is 8.36. The molecule has 1 aliphatic heterocycles. The van der Waals surface area contributed by atoms with Gasteiger partial charge in [-0.15, -0.1) is 0 Å². The molecular formula is C27H28Br2N4O4. The normalized spacial score (nSPS) is 17.0. The summed E-state index contributed by atoms with van der Waals surface area (Å²) in [4.78, 5) is 32.5. The fourth-order valence-electron chi connectivity index (χ4n) is 4.83. The number of morpholine rings is 1. The fraction of sp³-hybridized carbons (Fsp3) is 0.407. The van der Waals surface area contributed by atoms with Crippen molar-refractivity contribution in [3.63, 3.8) is 0 Å². The van der Waals surface area contributed by atoms with Crippen molar-refractivity contribution in [2.75, 3.05) is 32.9 Å². The summed E-state index contributed by atoms with van der Waals surface area (Å²) < 4.78 is 13.9. The monoisotopic (exact) mass is 630 g/mol. The molecule has 8 nitrogen and oxygen atoms in total. The number of fused-ring (bicyclic) bond motifs is 1. The Morgan fingerprint density at radius 2 is 1.81 bits per heavy atom. The number of carbonyl (C=O) groups excluding carboxylic acids is 1. The van der Waals surface area contributed by atoms with Gasteiger partial charge >= 0.3 is 0 Å². The molecule has 0 unspecified atom stereocenters. The van der Waals surface area contributed by atoms with Crippen molar-refractivity contribution in [2.45, 2.75) is 38.0 Å². The number of nitrogens with zero attached hydrogens (tertiary/aromatic N) is 4. The molecule has 0 radical (unpaired) electrons. The maximum atomic E-state index is 13.4. The maximum absolute atomic E-state index is 13.4. The van der Waals surface area contributed by atoms with Crippen LogP contribution in [0.15, 0.2) is 55.2 Å². The van der Waals surface area contributed by atoms with Gasteiger partial charge in [-0.3, -0.25) is 9.59 Å². The van der Waals surface area contributed by atoms with E-state index >= 15 is 0 Å². The van der Waals surface area contributed by atoms with E-state index in [9.17, 15) is 9.59 Å². The van der Waals surface area contributed by atoms with Gasteiger partial charge in [-0.25, -0.2) is 4.98 Å². The van der Waals surface area contributed by atoms with Crippen LogP contribution >= 0.6 is 31.9 Å². The van der Waals surface area contributed by atoms with Crippen LogP contribution in [0.1, 0.15) is 49.4 Å². The summed E-state index contributed by atoms with van der Waals surface area (Å²) in [5, 5.41) is 5.16. The van der Waals surface area contributed by atoms with Crippen molar-refractivity contribution < 1.29 is 14.3 Å². The first-order valence-electron chi connectivity index (χ1n) is 12.5. The summed E-state index contributed by atoms with van der Waals surface area (Å²) in [6.45, 7) is 2.18. The molecule has 37 heavy (non-hydrogen) atoms. The number of hydrogen-bond donors (Lipinski definition) is 0. The number of halogens is 2. The summed E-state index contributed by atoms with van der Waals surface area (Å²) >= 11 is 7.10. The van der Waals surface area contributed by atoms with E-state index in [-0.39, 0.29) is 24.0 Å². The minimum absolute atomic E-state index is 0.0620. The highest BCUT2D eigenvalue weighted by Gasteiger charge is 2.23. The van der Waals surface area contributed by atoms with E-state index in [0.717, 1.165) is 37.1 Å². The van der Waals surface area contributed by atoms with E-state index in [0.29, 0.717) is 51.9 Å². The van der Waals surface area contributed by atoms with Crippen molar-refractivity contribution in [3.05, 3.63) is 67.1 Å². The largest absolute Gasteiger partial charge is 0.481 e. The van der Waals surface area contributed by atoms with Crippen molar-refractivity contribution in [2.24, 2.45) is 5.10 Å².